The van der Waals surface area contributed by atoms with Gasteiger partial charge in [0.15, 0.2) is 0 Å². The van der Waals surface area contributed by atoms with Crippen molar-refractivity contribution >= 4 is 34.6 Å². The highest BCUT2D eigenvalue weighted by Crippen LogP contribution is 2.23. The van der Waals surface area contributed by atoms with Gasteiger partial charge in [0.25, 0.3) is 5.91 Å². The third kappa shape index (κ3) is 4.04. The molecule has 24 heavy (non-hydrogen) atoms. The zero-order valence-corrected chi connectivity index (χ0v) is 13.1. The number of nitrogens with two attached hydrogens (primary N) is 1. The van der Waals surface area contributed by atoms with E-state index >= 15 is 0 Å². The van der Waals surface area contributed by atoms with Gasteiger partial charge in [0, 0.05) is 11.9 Å². The smallest absolute Gasteiger partial charge is 0.267 e. The van der Waals surface area contributed by atoms with Gasteiger partial charge in [-0.1, -0.05) is 23.7 Å². The second kappa shape index (κ2) is 7.68. The Morgan fingerprint density at radius 1 is 1.21 bits per heavy atom. The summed E-state index contributed by atoms with van der Waals surface area (Å²) in [4.78, 5) is 12.1. The lowest BCUT2D eigenvalue weighted by atomic mass is 10.2. The monoisotopic (exact) mass is 337 g/mol. The number of benzene rings is 2. The Kier molecular flexibility index (Phi) is 5.40. The fourth-order valence-electron chi connectivity index (χ4n) is 1.81. The summed E-state index contributed by atoms with van der Waals surface area (Å²) in [6.45, 7) is 0. The summed E-state index contributed by atoms with van der Waals surface area (Å²) in [5.41, 5.74) is 7.14. The highest BCUT2D eigenvalue weighted by molar-refractivity contribution is 6.33. The first-order valence-corrected chi connectivity index (χ1v) is 7.15. The van der Waals surface area contributed by atoms with E-state index in [9.17, 15) is 4.79 Å². The van der Waals surface area contributed by atoms with Gasteiger partial charge >= 0.3 is 0 Å². The summed E-state index contributed by atoms with van der Waals surface area (Å²) in [5.74, 6) is -0.611. The van der Waals surface area contributed by atoms with Crippen molar-refractivity contribution in [1.82, 2.24) is 0 Å². The van der Waals surface area contributed by atoms with Crippen LogP contribution < -0.4 is 16.4 Å². The van der Waals surface area contributed by atoms with Gasteiger partial charge in [-0.3, -0.25) is 4.79 Å². The van der Waals surface area contributed by atoms with Gasteiger partial charge in [0.05, 0.1) is 22.0 Å². The maximum absolute atomic E-state index is 12.1. The standard InChI is InChI=1S/C17H12ClN5O/c18-14-7-13(5-6-15(14)21)23-17(24)12(9-20)10-22-16-4-2-1-3-11(16)8-19/h1-7,10,22H,21H2,(H,23,24)/b12-10-. The Balaban J connectivity index is 2.15. The molecular weight excluding hydrogens is 326 g/mol. The minimum Gasteiger partial charge on any atom is -0.398 e. The van der Waals surface area contributed by atoms with E-state index in [1.54, 1.807) is 42.5 Å². The summed E-state index contributed by atoms with van der Waals surface area (Å²) in [6, 6.07) is 15.2. The molecule has 4 N–H and O–H groups in total. The lowest BCUT2D eigenvalue weighted by Gasteiger charge is -2.07. The van der Waals surface area contributed by atoms with E-state index in [2.05, 4.69) is 10.6 Å². The molecule has 0 fully saturated rings. The first kappa shape index (κ1) is 16.9. The SMILES string of the molecule is N#C/C(=C/Nc1ccccc1C#N)C(=O)Nc1ccc(N)c(Cl)c1. The third-order valence-electron chi connectivity index (χ3n) is 3.04. The number of hydrogen-bond donors (Lipinski definition) is 3. The number of anilines is 3. The van der Waals surface area contributed by atoms with E-state index in [0.29, 0.717) is 27.6 Å². The molecule has 0 aliphatic rings. The fourth-order valence-corrected chi connectivity index (χ4v) is 1.99. The third-order valence-corrected chi connectivity index (χ3v) is 3.37. The van der Waals surface area contributed by atoms with Crippen LogP contribution >= 0.6 is 11.6 Å². The van der Waals surface area contributed by atoms with Crippen LogP contribution in [-0.4, -0.2) is 5.91 Å². The van der Waals surface area contributed by atoms with E-state index in [1.165, 1.54) is 12.3 Å². The number of carbonyl (C=O) groups is 1. The van der Waals surface area contributed by atoms with Crippen molar-refractivity contribution in [3.8, 4) is 12.1 Å². The quantitative estimate of drug-likeness (QED) is 0.450. The van der Waals surface area contributed by atoms with Crippen molar-refractivity contribution in [2.75, 3.05) is 16.4 Å². The van der Waals surface area contributed by atoms with Crippen LogP contribution in [0.2, 0.25) is 5.02 Å². The van der Waals surface area contributed by atoms with E-state index in [1.807, 2.05) is 6.07 Å². The molecule has 2 aromatic carbocycles. The molecule has 0 aromatic heterocycles. The lowest BCUT2D eigenvalue weighted by molar-refractivity contribution is -0.112. The molecule has 6 nitrogen and oxygen atoms in total. The topological polar surface area (TPSA) is 115 Å². The molecule has 0 unspecified atom stereocenters. The molecular formula is C17H12ClN5O. The Labute approximate surface area is 143 Å². The number of nitriles is 2. The van der Waals surface area contributed by atoms with Crippen LogP contribution in [0.25, 0.3) is 0 Å². The van der Waals surface area contributed by atoms with Gasteiger partial charge in [-0.05, 0) is 30.3 Å². The number of nitrogens with zero attached hydrogens (tertiary/aromatic N) is 2. The molecule has 0 heterocycles. The Hall–Kier alpha value is -3.48. The minimum atomic E-state index is -0.611. The van der Waals surface area contributed by atoms with Gasteiger partial charge in [-0.25, -0.2) is 0 Å². The first-order chi connectivity index (χ1) is 11.5. The van der Waals surface area contributed by atoms with Gasteiger partial charge in [-0.2, -0.15) is 10.5 Å². The van der Waals surface area contributed by atoms with E-state index < -0.39 is 5.91 Å². The molecule has 0 aliphatic carbocycles. The van der Waals surface area contributed by atoms with Crippen molar-refractivity contribution in [3.05, 3.63) is 64.8 Å². The Morgan fingerprint density at radius 2 is 1.96 bits per heavy atom. The summed E-state index contributed by atoms with van der Waals surface area (Å²) < 4.78 is 0. The maximum atomic E-state index is 12.1. The second-order valence-corrected chi connectivity index (χ2v) is 5.07. The van der Waals surface area contributed by atoms with Crippen LogP contribution in [0.4, 0.5) is 17.1 Å². The molecule has 0 atom stereocenters. The predicted molar refractivity (Wildman–Crippen MR) is 93.0 cm³/mol. The molecule has 0 spiro atoms. The van der Waals surface area contributed by atoms with E-state index in [-0.39, 0.29) is 5.57 Å². The van der Waals surface area contributed by atoms with Crippen LogP contribution in [0.5, 0.6) is 0 Å². The van der Waals surface area contributed by atoms with Crippen molar-refractivity contribution in [1.29, 1.82) is 10.5 Å². The molecule has 0 radical (unpaired) electrons. The largest absolute Gasteiger partial charge is 0.398 e. The van der Waals surface area contributed by atoms with Crippen LogP contribution in [0, 0.1) is 22.7 Å². The number of nitrogens with one attached hydrogen (secondary N) is 2. The number of carbonyl (C=O) groups excluding carboxylic acids is 1. The lowest BCUT2D eigenvalue weighted by Crippen LogP contribution is -2.14. The molecule has 1 amide bonds. The number of rotatable bonds is 4. The maximum Gasteiger partial charge on any atom is 0.267 e. The van der Waals surface area contributed by atoms with Crippen LogP contribution in [0.1, 0.15) is 5.56 Å². The zero-order valence-electron chi connectivity index (χ0n) is 12.4. The van der Waals surface area contributed by atoms with Gasteiger partial charge in [-0.15, -0.1) is 0 Å². The van der Waals surface area contributed by atoms with Gasteiger partial charge in [0.1, 0.15) is 17.7 Å². The van der Waals surface area contributed by atoms with Crippen molar-refractivity contribution < 1.29 is 4.79 Å². The molecule has 0 bridgehead atoms. The number of amides is 1. The van der Waals surface area contributed by atoms with E-state index in [4.69, 9.17) is 27.9 Å². The normalized spacial score (nSPS) is 10.4. The highest BCUT2D eigenvalue weighted by atomic mass is 35.5. The van der Waals surface area contributed by atoms with Gasteiger partial charge < -0.3 is 16.4 Å². The Bertz CT molecular complexity index is 893. The number of nitrogen functional groups attached to an aromatic ring is 1. The molecule has 2 rings (SSSR count). The molecule has 2 aromatic rings. The summed E-state index contributed by atoms with van der Waals surface area (Å²) >= 11 is 5.89. The Morgan fingerprint density at radius 3 is 2.62 bits per heavy atom. The number of hydrogen-bond acceptors (Lipinski definition) is 5. The number of halogens is 1. The zero-order chi connectivity index (χ0) is 17.5. The number of para-hydroxylation sites is 1. The van der Waals surface area contributed by atoms with Crippen molar-refractivity contribution in [2.45, 2.75) is 0 Å². The molecule has 0 aliphatic heterocycles. The first-order valence-electron chi connectivity index (χ1n) is 6.77. The molecule has 118 valence electrons. The summed E-state index contributed by atoms with van der Waals surface area (Å²) in [7, 11) is 0. The molecule has 0 saturated heterocycles. The minimum absolute atomic E-state index is 0.157. The highest BCUT2D eigenvalue weighted by Gasteiger charge is 2.10. The molecule has 0 saturated carbocycles. The van der Waals surface area contributed by atoms with Crippen molar-refractivity contribution in [2.24, 2.45) is 0 Å². The second-order valence-electron chi connectivity index (χ2n) is 4.66. The average Bonchev–Trinajstić information content (AvgIpc) is 2.59. The summed E-state index contributed by atoms with van der Waals surface area (Å²) in [5, 5.41) is 23.8. The average molecular weight is 338 g/mol. The van der Waals surface area contributed by atoms with Crippen LogP contribution in [0.15, 0.2) is 54.2 Å². The van der Waals surface area contributed by atoms with Crippen LogP contribution in [0.3, 0.4) is 0 Å². The van der Waals surface area contributed by atoms with Gasteiger partial charge in [0.2, 0.25) is 0 Å². The van der Waals surface area contributed by atoms with E-state index in [0.717, 1.165) is 0 Å². The predicted octanol–water partition coefficient (Wildman–Crippen LogP) is 3.25. The van der Waals surface area contributed by atoms with Crippen LogP contribution in [-0.2, 0) is 4.79 Å². The molecule has 7 heteroatoms. The summed E-state index contributed by atoms with van der Waals surface area (Å²) in [6.07, 6.45) is 1.24. The fraction of sp³-hybridized carbons (Fsp3) is 0. The van der Waals surface area contributed by atoms with Crippen molar-refractivity contribution in [3.63, 3.8) is 0 Å².